The number of amides is 2. The number of benzene rings is 2. The molecule has 0 saturated carbocycles. The van der Waals surface area contributed by atoms with Crippen LogP contribution in [0.2, 0.25) is 5.02 Å². The molecule has 2 amide bonds. The lowest BCUT2D eigenvalue weighted by atomic mass is 10.2. The van der Waals surface area contributed by atoms with Crippen molar-refractivity contribution in [3.8, 4) is 11.3 Å². The summed E-state index contributed by atoms with van der Waals surface area (Å²) in [5.74, 6) is 0.335. The van der Waals surface area contributed by atoms with E-state index in [1.165, 1.54) is 12.1 Å². The topological polar surface area (TPSA) is 50.5 Å². The van der Waals surface area contributed by atoms with E-state index in [1.54, 1.807) is 42.5 Å². The molecule has 2 aromatic carbocycles. The highest BCUT2D eigenvalue weighted by atomic mass is 35.5. The summed E-state index contributed by atoms with van der Waals surface area (Å²) >= 11 is 6.74. The predicted octanol–water partition coefficient (Wildman–Crippen LogP) is 5.98. The van der Waals surface area contributed by atoms with Crippen molar-refractivity contribution in [2.75, 3.05) is 0 Å². The molecule has 140 valence electrons. The second-order valence-corrected chi connectivity index (χ2v) is 7.53. The van der Waals surface area contributed by atoms with E-state index >= 15 is 0 Å². The van der Waals surface area contributed by atoms with E-state index in [0.29, 0.717) is 22.1 Å². The molecule has 4 rings (SSSR count). The molecule has 0 atom stereocenters. The Morgan fingerprint density at radius 3 is 2.43 bits per heavy atom. The number of nitrogens with zero attached hydrogens (tertiary/aromatic N) is 1. The Balaban J connectivity index is 1.52. The van der Waals surface area contributed by atoms with Crippen LogP contribution in [-0.4, -0.2) is 16.0 Å². The first-order chi connectivity index (χ1) is 13.5. The molecule has 0 radical (unpaired) electrons. The summed E-state index contributed by atoms with van der Waals surface area (Å²) in [7, 11) is 0. The molecule has 1 saturated heterocycles. The molecule has 4 nitrogen and oxygen atoms in total. The fourth-order valence-electron chi connectivity index (χ4n) is 2.74. The van der Waals surface area contributed by atoms with Gasteiger partial charge in [0.25, 0.3) is 11.1 Å². The maximum atomic E-state index is 13.0. The van der Waals surface area contributed by atoms with E-state index in [1.807, 2.05) is 12.1 Å². The summed E-state index contributed by atoms with van der Waals surface area (Å²) in [5, 5.41) is 0.260. The first-order valence-corrected chi connectivity index (χ1v) is 9.54. The number of furan rings is 1. The van der Waals surface area contributed by atoms with Gasteiger partial charge in [0.1, 0.15) is 17.3 Å². The molecular formula is C21H13ClFNO3S. The first kappa shape index (κ1) is 18.5. The van der Waals surface area contributed by atoms with Crippen molar-refractivity contribution in [3.63, 3.8) is 0 Å². The molecule has 0 unspecified atom stereocenters. The SMILES string of the molecule is O=C1S/C(=C/c2ccc(-c3ccc(Cl)cc3)o2)C(=O)N1Cc1ccc(F)cc1. The van der Waals surface area contributed by atoms with Crippen LogP contribution in [0, 0.1) is 5.82 Å². The van der Waals surface area contributed by atoms with Crippen LogP contribution < -0.4 is 0 Å². The van der Waals surface area contributed by atoms with Crippen molar-refractivity contribution in [2.45, 2.75) is 6.54 Å². The molecule has 2 heterocycles. The molecule has 7 heteroatoms. The van der Waals surface area contributed by atoms with Gasteiger partial charge in [-0.1, -0.05) is 23.7 Å². The zero-order valence-electron chi connectivity index (χ0n) is 14.4. The Labute approximate surface area is 169 Å². The molecule has 3 aromatic rings. The van der Waals surface area contributed by atoms with E-state index in [9.17, 15) is 14.0 Å². The van der Waals surface area contributed by atoms with E-state index in [4.69, 9.17) is 16.0 Å². The molecule has 1 fully saturated rings. The van der Waals surface area contributed by atoms with Gasteiger partial charge in [0.05, 0.1) is 11.4 Å². The number of halogens is 2. The molecule has 1 aromatic heterocycles. The van der Waals surface area contributed by atoms with Gasteiger partial charge in [0.15, 0.2) is 0 Å². The average molecular weight is 414 g/mol. The number of rotatable bonds is 4. The third-order valence-electron chi connectivity index (χ3n) is 4.16. The van der Waals surface area contributed by atoms with Crippen LogP contribution in [-0.2, 0) is 11.3 Å². The van der Waals surface area contributed by atoms with Gasteiger partial charge in [-0.25, -0.2) is 4.39 Å². The summed E-state index contributed by atoms with van der Waals surface area (Å²) in [4.78, 5) is 26.2. The summed E-state index contributed by atoms with van der Waals surface area (Å²) in [6, 6.07) is 16.4. The molecule has 28 heavy (non-hydrogen) atoms. The monoisotopic (exact) mass is 413 g/mol. The number of hydrogen-bond acceptors (Lipinski definition) is 4. The van der Waals surface area contributed by atoms with Crippen molar-refractivity contribution < 1.29 is 18.4 Å². The fraction of sp³-hybridized carbons (Fsp3) is 0.0476. The van der Waals surface area contributed by atoms with Gasteiger partial charge in [-0.15, -0.1) is 0 Å². The Hall–Kier alpha value is -2.83. The number of hydrogen-bond donors (Lipinski definition) is 0. The van der Waals surface area contributed by atoms with Crippen LogP contribution >= 0.6 is 23.4 Å². The van der Waals surface area contributed by atoms with Gasteiger partial charge in [-0.05, 0) is 65.9 Å². The van der Waals surface area contributed by atoms with Gasteiger partial charge in [0.2, 0.25) is 0 Å². The van der Waals surface area contributed by atoms with E-state index < -0.39 is 5.91 Å². The number of imide groups is 1. The molecule has 0 bridgehead atoms. The van der Waals surface area contributed by atoms with Crippen LogP contribution in [0.4, 0.5) is 9.18 Å². The van der Waals surface area contributed by atoms with Crippen LogP contribution in [0.25, 0.3) is 17.4 Å². The lowest BCUT2D eigenvalue weighted by Crippen LogP contribution is -2.27. The minimum Gasteiger partial charge on any atom is -0.457 e. The second kappa shape index (κ2) is 7.66. The van der Waals surface area contributed by atoms with Crippen molar-refractivity contribution in [1.82, 2.24) is 4.90 Å². The van der Waals surface area contributed by atoms with Gasteiger partial charge in [-0.2, -0.15) is 0 Å². The molecule has 0 aliphatic carbocycles. The zero-order chi connectivity index (χ0) is 19.7. The minimum atomic E-state index is -0.399. The van der Waals surface area contributed by atoms with Crippen LogP contribution in [0.3, 0.4) is 0 Å². The largest absolute Gasteiger partial charge is 0.457 e. The van der Waals surface area contributed by atoms with Crippen molar-refractivity contribution >= 4 is 40.6 Å². The van der Waals surface area contributed by atoms with Gasteiger partial charge >= 0.3 is 0 Å². The van der Waals surface area contributed by atoms with Crippen molar-refractivity contribution in [1.29, 1.82) is 0 Å². The summed E-state index contributed by atoms with van der Waals surface area (Å²) in [6.45, 7) is 0.0937. The first-order valence-electron chi connectivity index (χ1n) is 8.35. The highest BCUT2D eigenvalue weighted by Crippen LogP contribution is 2.34. The van der Waals surface area contributed by atoms with Gasteiger partial charge in [0, 0.05) is 16.7 Å². The Morgan fingerprint density at radius 1 is 1.00 bits per heavy atom. The fourth-order valence-corrected chi connectivity index (χ4v) is 3.68. The third-order valence-corrected chi connectivity index (χ3v) is 5.32. The molecular weight excluding hydrogens is 401 g/mol. The Morgan fingerprint density at radius 2 is 1.71 bits per heavy atom. The number of thioether (sulfide) groups is 1. The quantitative estimate of drug-likeness (QED) is 0.494. The smallest absolute Gasteiger partial charge is 0.293 e. The lowest BCUT2D eigenvalue weighted by molar-refractivity contribution is -0.123. The van der Waals surface area contributed by atoms with Crippen molar-refractivity contribution in [3.05, 3.63) is 87.7 Å². The lowest BCUT2D eigenvalue weighted by Gasteiger charge is -2.12. The highest BCUT2D eigenvalue weighted by molar-refractivity contribution is 8.18. The predicted molar refractivity (Wildman–Crippen MR) is 107 cm³/mol. The van der Waals surface area contributed by atoms with E-state index in [2.05, 4.69) is 0 Å². The standard InChI is InChI=1S/C21H13ClFNO3S/c22-15-5-3-14(4-6-15)18-10-9-17(27-18)11-19-20(25)24(21(26)28-19)12-13-1-7-16(23)8-2-13/h1-11H,12H2/b19-11+. The second-order valence-electron chi connectivity index (χ2n) is 6.10. The summed E-state index contributed by atoms with van der Waals surface area (Å²) < 4.78 is 18.8. The number of carbonyl (C=O) groups is 2. The van der Waals surface area contributed by atoms with E-state index in [-0.39, 0.29) is 22.5 Å². The Bertz CT molecular complexity index is 1070. The van der Waals surface area contributed by atoms with E-state index in [0.717, 1.165) is 22.2 Å². The normalized spacial score (nSPS) is 15.6. The van der Waals surface area contributed by atoms with Crippen LogP contribution in [0.15, 0.2) is 70.0 Å². The van der Waals surface area contributed by atoms with Crippen molar-refractivity contribution in [2.24, 2.45) is 0 Å². The Kier molecular flexibility index (Phi) is 5.07. The zero-order valence-corrected chi connectivity index (χ0v) is 16.0. The summed E-state index contributed by atoms with van der Waals surface area (Å²) in [5.41, 5.74) is 1.53. The number of carbonyl (C=O) groups excluding carboxylic acids is 2. The average Bonchev–Trinajstić information content (AvgIpc) is 3.24. The maximum Gasteiger partial charge on any atom is 0.293 e. The van der Waals surface area contributed by atoms with Crippen LogP contribution in [0.5, 0.6) is 0 Å². The summed E-state index contributed by atoms with van der Waals surface area (Å²) in [6.07, 6.45) is 1.55. The molecule has 0 N–H and O–H groups in total. The maximum absolute atomic E-state index is 13.0. The molecule has 0 spiro atoms. The van der Waals surface area contributed by atoms with Gasteiger partial charge in [-0.3, -0.25) is 14.5 Å². The highest BCUT2D eigenvalue weighted by Gasteiger charge is 2.35. The van der Waals surface area contributed by atoms with Gasteiger partial charge < -0.3 is 4.42 Å². The van der Waals surface area contributed by atoms with Crippen LogP contribution in [0.1, 0.15) is 11.3 Å². The minimum absolute atomic E-state index is 0.0937. The third kappa shape index (κ3) is 3.88. The molecule has 1 aliphatic heterocycles. The molecule has 1 aliphatic rings.